The number of anilines is 1. The molecule has 1 heterocycles. The number of benzene rings is 1. The number of aryl methyl sites for hydroxylation is 3. The lowest BCUT2D eigenvalue weighted by molar-refractivity contribution is 0.330. The van der Waals surface area contributed by atoms with Crippen molar-refractivity contribution in [1.82, 2.24) is 9.97 Å². The van der Waals surface area contributed by atoms with Crippen molar-refractivity contribution in [3.8, 4) is 5.75 Å². The molecule has 1 N–H and O–H groups in total. The third kappa shape index (κ3) is 4.08. The lowest BCUT2D eigenvalue weighted by atomic mass is 10.1. The molecule has 0 aliphatic carbocycles. The van der Waals surface area contributed by atoms with Crippen molar-refractivity contribution in [2.24, 2.45) is 0 Å². The monoisotopic (exact) mass is 305 g/mol. The van der Waals surface area contributed by atoms with Crippen LogP contribution >= 0.6 is 11.6 Å². The van der Waals surface area contributed by atoms with Gasteiger partial charge in [-0.25, -0.2) is 9.97 Å². The van der Waals surface area contributed by atoms with Crippen LogP contribution in [0.2, 0.25) is 5.02 Å². The van der Waals surface area contributed by atoms with Gasteiger partial charge in [0.2, 0.25) is 0 Å². The van der Waals surface area contributed by atoms with Gasteiger partial charge in [0.25, 0.3) is 0 Å². The van der Waals surface area contributed by atoms with E-state index in [1.165, 1.54) is 11.9 Å². The Labute approximate surface area is 130 Å². The first kappa shape index (κ1) is 15.6. The fourth-order valence-electron chi connectivity index (χ4n) is 2.00. The highest BCUT2D eigenvalue weighted by atomic mass is 35.5. The van der Waals surface area contributed by atoms with Crippen LogP contribution in [0, 0.1) is 13.8 Å². The predicted octanol–water partition coefficient (Wildman–Crippen LogP) is 3.80. The van der Waals surface area contributed by atoms with E-state index in [9.17, 15) is 0 Å². The van der Waals surface area contributed by atoms with Crippen molar-refractivity contribution in [2.45, 2.75) is 27.2 Å². The molecule has 1 aromatic heterocycles. The number of hydrogen-bond acceptors (Lipinski definition) is 4. The third-order valence-electron chi connectivity index (χ3n) is 3.26. The van der Waals surface area contributed by atoms with Crippen molar-refractivity contribution in [1.29, 1.82) is 0 Å². The second-order valence-electron chi connectivity index (χ2n) is 4.85. The maximum absolute atomic E-state index is 6.12. The Hall–Kier alpha value is -1.81. The third-order valence-corrected chi connectivity index (χ3v) is 3.72. The van der Waals surface area contributed by atoms with E-state index >= 15 is 0 Å². The summed E-state index contributed by atoms with van der Waals surface area (Å²) >= 11 is 6.12. The standard InChI is InChI=1S/C16H20ClN3O/c1-4-13-5-6-14(11(2)9-13)21-8-7-18-16-15(17)12(3)19-10-20-16/h5-6,9-10H,4,7-8H2,1-3H3,(H,18,19,20). The van der Waals surface area contributed by atoms with Gasteiger partial charge >= 0.3 is 0 Å². The maximum atomic E-state index is 6.12. The predicted molar refractivity (Wildman–Crippen MR) is 86.3 cm³/mol. The van der Waals surface area contributed by atoms with Gasteiger partial charge in [-0.1, -0.05) is 30.7 Å². The summed E-state index contributed by atoms with van der Waals surface area (Å²) in [6, 6.07) is 6.28. The molecule has 21 heavy (non-hydrogen) atoms. The van der Waals surface area contributed by atoms with Crippen LogP contribution in [-0.4, -0.2) is 23.1 Å². The van der Waals surface area contributed by atoms with Gasteiger partial charge in [-0.05, 0) is 37.5 Å². The van der Waals surface area contributed by atoms with Crippen molar-refractivity contribution in [3.05, 3.63) is 46.4 Å². The molecule has 0 fully saturated rings. The van der Waals surface area contributed by atoms with Gasteiger partial charge in [-0.15, -0.1) is 0 Å². The molecule has 0 saturated carbocycles. The Kier molecular flexibility index (Phi) is 5.39. The molecule has 4 nitrogen and oxygen atoms in total. The first-order valence-corrected chi connectivity index (χ1v) is 7.43. The van der Waals surface area contributed by atoms with Crippen molar-refractivity contribution in [2.75, 3.05) is 18.5 Å². The second kappa shape index (κ2) is 7.27. The van der Waals surface area contributed by atoms with Crippen LogP contribution in [0.1, 0.15) is 23.7 Å². The zero-order chi connectivity index (χ0) is 15.2. The maximum Gasteiger partial charge on any atom is 0.148 e. The summed E-state index contributed by atoms with van der Waals surface area (Å²) in [5.74, 6) is 1.56. The molecule has 0 saturated heterocycles. The summed E-state index contributed by atoms with van der Waals surface area (Å²) in [5, 5.41) is 3.71. The van der Waals surface area contributed by atoms with Crippen molar-refractivity contribution in [3.63, 3.8) is 0 Å². The lowest BCUT2D eigenvalue weighted by Gasteiger charge is -2.12. The normalized spacial score (nSPS) is 10.5. The van der Waals surface area contributed by atoms with Crippen LogP contribution < -0.4 is 10.1 Å². The molecule has 0 spiro atoms. The number of aromatic nitrogens is 2. The van der Waals surface area contributed by atoms with Gasteiger partial charge in [-0.2, -0.15) is 0 Å². The number of nitrogens with zero attached hydrogens (tertiary/aromatic N) is 2. The largest absolute Gasteiger partial charge is 0.491 e. The second-order valence-corrected chi connectivity index (χ2v) is 5.23. The fourth-order valence-corrected chi connectivity index (χ4v) is 2.17. The van der Waals surface area contributed by atoms with Gasteiger partial charge in [0.15, 0.2) is 0 Å². The summed E-state index contributed by atoms with van der Waals surface area (Å²) in [4.78, 5) is 8.14. The number of rotatable bonds is 6. The molecule has 0 amide bonds. The van der Waals surface area contributed by atoms with Crippen molar-refractivity contribution >= 4 is 17.4 Å². The number of nitrogens with one attached hydrogen (secondary N) is 1. The van der Waals surface area contributed by atoms with Crippen LogP contribution in [0.4, 0.5) is 5.82 Å². The molecule has 1 aromatic carbocycles. The highest BCUT2D eigenvalue weighted by Gasteiger charge is 2.05. The number of hydrogen-bond donors (Lipinski definition) is 1. The molecule has 0 aliphatic heterocycles. The molecule has 112 valence electrons. The smallest absolute Gasteiger partial charge is 0.148 e. The molecule has 2 rings (SSSR count). The van der Waals surface area contributed by atoms with Crippen LogP contribution in [0.5, 0.6) is 5.75 Å². The average molecular weight is 306 g/mol. The summed E-state index contributed by atoms with van der Waals surface area (Å²) in [5.41, 5.74) is 3.24. The molecule has 0 bridgehead atoms. The molecule has 0 radical (unpaired) electrons. The minimum Gasteiger partial charge on any atom is -0.491 e. The van der Waals surface area contributed by atoms with Crippen LogP contribution in [0.25, 0.3) is 0 Å². The minimum atomic E-state index is 0.547. The Bertz CT molecular complexity index is 616. The summed E-state index contributed by atoms with van der Waals surface area (Å²) in [7, 11) is 0. The molecule has 0 unspecified atom stereocenters. The van der Waals surface area contributed by atoms with E-state index < -0.39 is 0 Å². The van der Waals surface area contributed by atoms with E-state index in [4.69, 9.17) is 16.3 Å². The first-order valence-electron chi connectivity index (χ1n) is 7.05. The van der Waals surface area contributed by atoms with Crippen LogP contribution in [0.3, 0.4) is 0 Å². The average Bonchev–Trinajstić information content (AvgIpc) is 2.49. The molecular weight excluding hydrogens is 286 g/mol. The molecule has 0 atom stereocenters. The molecule has 5 heteroatoms. The van der Waals surface area contributed by atoms with Crippen molar-refractivity contribution < 1.29 is 4.74 Å². The zero-order valence-corrected chi connectivity index (χ0v) is 13.4. The van der Waals surface area contributed by atoms with Gasteiger partial charge in [0.1, 0.15) is 29.5 Å². The summed E-state index contributed by atoms with van der Waals surface area (Å²) in [6.45, 7) is 7.24. The fraction of sp³-hybridized carbons (Fsp3) is 0.375. The van der Waals surface area contributed by atoms with Gasteiger partial charge in [-0.3, -0.25) is 0 Å². The van der Waals surface area contributed by atoms with E-state index in [0.717, 1.165) is 23.4 Å². The SMILES string of the molecule is CCc1ccc(OCCNc2ncnc(C)c2Cl)c(C)c1. The van der Waals surface area contributed by atoms with Gasteiger partial charge in [0, 0.05) is 0 Å². The van der Waals surface area contributed by atoms with Crippen LogP contribution in [0.15, 0.2) is 24.5 Å². The minimum absolute atomic E-state index is 0.547. The van der Waals surface area contributed by atoms with E-state index in [-0.39, 0.29) is 0 Å². The lowest BCUT2D eigenvalue weighted by Crippen LogP contribution is -2.13. The summed E-state index contributed by atoms with van der Waals surface area (Å²) < 4.78 is 5.78. The van der Waals surface area contributed by atoms with E-state index in [1.807, 2.05) is 13.0 Å². The number of ether oxygens (including phenoxy) is 1. The first-order chi connectivity index (χ1) is 10.1. The molecule has 2 aromatic rings. The zero-order valence-electron chi connectivity index (χ0n) is 12.6. The van der Waals surface area contributed by atoms with Gasteiger partial charge < -0.3 is 10.1 Å². The Morgan fingerprint density at radius 2 is 2.05 bits per heavy atom. The van der Waals surface area contributed by atoms with E-state index in [2.05, 4.69) is 41.3 Å². The van der Waals surface area contributed by atoms with Gasteiger partial charge in [0.05, 0.1) is 12.2 Å². The number of halogens is 1. The Morgan fingerprint density at radius 3 is 2.76 bits per heavy atom. The molecule has 0 aliphatic rings. The Balaban J connectivity index is 1.86. The van der Waals surface area contributed by atoms with E-state index in [0.29, 0.717) is 24.0 Å². The Morgan fingerprint density at radius 1 is 1.24 bits per heavy atom. The highest BCUT2D eigenvalue weighted by Crippen LogP contribution is 2.21. The topological polar surface area (TPSA) is 47.0 Å². The molecular formula is C16H20ClN3O. The summed E-state index contributed by atoms with van der Waals surface area (Å²) in [6.07, 6.45) is 2.53. The quantitative estimate of drug-likeness (QED) is 0.825. The van der Waals surface area contributed by atoms with Crippen LogP contribution in [-0.2, 0) is 6.42 Å². The highest BCUT2D eigenvalue weighted by molar-refractivity contribution is 6.33. The van der Waals surface area contributed by atoms with E-state index in [1.54, 1.807) is 0 Å².